The van der Waals surface area contributed by atoms with E-state index in [1.807, 2.05) is 6.07 Å². The van der Waals surface area contributed by atoms with Crippen molar-refractivity contribution in [2.24, 2.45) is 0 Å². The quantitative estimate of drug-likeness (QED) is 0.216. The van der Waals surface area contributed by atoms with Crippen molar-refractivity contribution in [2.45, 2.75) is 0 Å². The molecule has 30 heavy (non-hydrogen) atoms. The van der Waals surface area contributed by atoms with E-state index in [1.54, 1.807) is 0 Å². The molecule has 0 atom stereocenters. The molecule has 0 radical (unpaired) electrons. The minimum absolute atomic E-state index is 1.20. The summed E-state index contributed by atoms with van der Waals surface area (Å²) in [7, 11) is 0. The maximum Gasteiger partial charge on any atom is -0.00992 e. The Morgan fingerprint density at radius 2 is 0.900 bits per heavy atom. The van der Waals surface area contributed by atoms with Crippen molar-refractivity contribution >= 4 is 45.8 Å². The number of hydrogen-bond donors (Lipinski definition) is 0. The van der Waals surface area contributed by atoms with Crippen LogP contribution in [0.15, 0.2) is 109 Å². The van der Waals surface area contributed by atoms with E-state index in [2.05, 4.69) is 127 Å². The van der Waals surface area contributed by atoms with Gasteiger partial charge in [0, 0.05) is 0 Å². The fourth-order valence-electron chi connectivity index (χ4n) is 3.97. The van der Waals surface area contributed by atoms with Crippen LogP contribution in [0.5, 0.6) is 0 Å². The van der Waals surface area contributed by atoms with Crippen molar-refractivity contribution in [3.8, 4) is 0 Å². The van der Waals surface area contributed by atoms with Gasteiger partial charge in [0.05, 0.1) is 0 Å². The van der Waals surface area contributed by atoms with Crippen molar-refractivity contribution in [2.75, 3.05) is 0 Å². The van der Waals surface area contributed by atoms with Gasteiger partial charge in [-0.1, -0.05) is 127 Å². The molecule has 0 bridgehead atoms. The van der Waals surface area contributed by atoms with Crippen LogP contribution in [-0.4, -0.2) is 0 Å². The molecule has 0 N–H and O–H groups in total. The Balaban J connectivity index is 1.59. The maximum atomic E-state index is 2.28. The molecule has 5 aromatic rings. The predicted molar refractivity (Wildman–Crippen MR) is 132 cm³/mol. The zero-order valence-corrected chi connectivity index (χ0v) is 16.7. The van der Waals surface area contributed by atoms with Gasteiger partial charge in [-0.05, 0) is 49.9 Å². The summed E-state index contributed by atoms with van der Waals surface area (Å²) in [5.41, 5.74) is 4.89. The topological polar surface area (TPSA) is 0 Å². The largest absolute Gasteiger partial charge is 0.0622 e. The summed E-state index contributed by atoms with van der Waals surface area (Å²) >= 11 is 0. The molecule has 0 fully saturated rings. The van der Waals surface area contributed by atoms with Gasteiger partial charge in [-0.25, -0.2) is 0 Å². The van der Waals surface area contributed by atoms with Crippen LogP contribution in [0, 0.1) is 0 Å². The highest BCUT2D eigenvalue weighted by Gasteiger charge is 2.05. The van der Waals surface area contributed by atoms with Crippen LogP contribution in [-0.2, 0) is 0 Å². The van der Waals surface area contributed by atoms with Gasteiger partial charge in [0.2, 0.25) is 0 Å². The smallest absolute Gasteiger partial charge is 0.00992 e. The Hall–Kier alpha value is -3.90. The van der Waals surface area contributed by atoms with Crippen molar-refractivity contribution in [3.05, 3.63) is 131 Å². The van der Waals surface area contributed by atoms with Crippen LogP contribution in [0.25, 0.3) is 45.8 Å². The third-order valence-corrected chi connectivity index (χ3v) is 5.49. The average Bonchev–Trinajstić information content (AvgIpc) is 2.81. The van der Waals surface area contributed by atoms with Crippen LogP contribution >= 0.6 is 0 Å². The Kier molecular flexibility index (Phi) is 4.98. The lowest BCUT2D eigenvalue weighted by Crippen LogP contribution is -1.84. The highest BCUT2D eigenvalue weighted by atomic mass is 14.1. The summed E-state index contributed by atoms with van der Waals surface area (Å²) in [5.74, 6) is 0. The summed E-state index contributed by atoms with van der Waals surface area (Å²) in [4.78, 5) is 0. The molecule has 0 heterocycles. The molecule has 0 aliphatic rings. The Bertz CT molecular complexity index is 1320. The first kappa shape index (κ1) is 18.1. The highest BCUT2D eigenvalue weighted by molar-refractivity contribution is 6.08. The van der Waals surface area contributed by atoms with Gasteiger partial charge in [-0.2, -0.15) is 0 Å². The van der Waals surface area contributed by atoms with E-state index in [0.717, 1.165) is 0 Å². The molecular formula is C30H22. The molecule has 0 amide bonds. The van der Waals surface area contributed by atoms with Gasteiger partial charge in [0.15, 0.2) is 0 Å². The Morgan fingerprint density at radius 1 is 0.400 bits per heavy atom. The summed E-state index contributed by atoms with van der Waals surface area (Å²) in [5, 5.41) is 5.11. The van der Waals surface area contributed by atoms with Crippen molar-refractivity contribution in [3.63, 3.8) is 0 Å². The summed E-state index contributed by atoms with van der Waals surface area (Å²) < 4.78 is 0. The lowest BCUT2D eigenvalue weighted by Gasteiger charge is -2.09. The zero-order valence-electron chi connectivity index (χ0n) is 16.7. The van der Waals surface area contributed by atoms with E-state index in [9.17, 15) is 0 Å². The molecule has 0 heteroatoms. The lowest BCUT2D eigenvalue weighted by atomic mass is 9.95. The summed E-state index contributed by atoms with van der Waals surface area (Å²) in [6, 6.07) is 38.5. The zero-order chi connectivity index (χ0) is 20.2. The summed E-state index contributed by atoms with van der Waals surface area (Å²) in [6.45, 7) is 0. The van der Waals surface area contributed by atoms with Crippen molar-refractivity contribution < 1.29 is 0 Å². The van der Waals surface area contributed by atoms with Gasteiger partial charge in [-0.3, -0.25) is 0 Å². The standard InChI is InChI=1S/C30H22/c1-2-10-23(11-3-1)18-19-24-12-4-5-13-25(24)20-21-30-28-16-8-6-14-26(28)22-27-15-7-9-17-29(27)30/h1-22H. The minimum Gasteiger partial charge on any atom is -0.0622 e. The van der Waals surface area contributed by atoms with Gasteiger partial charge < -0.3 is 0 Å². The third-order valence-electron chi connectivity index (χ3n) is 5.49. The normalized spacial score (nSPS) is 11.7. The number of fused-ring (bicyclic) bond motifs is 2. The first-order valence-corrected chi connectivity index (χ1v) is 10.3. The van der Waals surface area contributed by atoms with Crippen LogP contribution in [0.2, 0.25) is 0 Å². The molecule has 5 aromatic carbocycles. The Morgan fingerprint density at radius 3 is 1.53 bits per heavy atom. The molecule has 142 valence electrons. The van der Waals surface area contributed by atoms with Crippen molar-refractivity contribution in [1.29, 1.82) is 0 Å². The molecule has 0 unspecified atom stereocenters. The monoisotopic (exact) mass is 382 g/mol. The molecule has 0 saturated carbocycles. The summed E-state index contributed by atoms with van der Waals surface area (Å²) in [6.07, 6.45) is 8.86. The minimum atomic E-state index is 1.20. The van der Waals surface area contributed by atoms with Crippen LogP contribution in [0.4, 0.5) is 0 Å². The maximum absolute atomic E-state index is 2.28. The average molecular weight is 383 g/mol. The molecular weight excluding hydrogens is 360 g/mol. The van der Waals surface area contributed by atoms with Gasteiger partial charge in [0.1, 0.15) is 0 Å². The van der Waals surface area contributed by atoms with E-state index in [0.29, 0.717) is 0 Å². The van der Waals surface area contributed by atoms with Crippen LogP contribution < -0.4 is 0 Å². The molecule has 0 aliphatic heterocycles. The van der Waals surface area contributed by atoms with E-state index >= 15 is 0 Å². The van der Waals surface area contributed by atoms with Gasteiger partial charge in [0.25, 0.3) is 0 Å². The predicted octanol–water partition coefficient (Wildman–Crippen LogP) is 8.33. The molecule has 0 nitrogen and oxygen atoms in total. The van der Waals surface area contributed by atoms with Crippen molar-refractivity contribution in [1.82, 2.24) is 0 Å². The Labute approximate surface area is 177 Å². The molecule has 0 aromatic heterocycles. The SMILES string of the molecule is C(=Cc1ccccc1C=Cc1c2ccccc2cc2ccccc12)c1ccccc1. The fourth-order valence-corrected chi connectivity index (χ4v) is 3.97. The van der Waals surface area contributed by atoms with E-state index in [-0.39, 0.29) is 0 Å². The van der Waals surface area contributed by atoms with Gasteiger partial charge >= 0.3 is 0 Å². The van der Waals surface area contributed by atoms with E-state index in [1.165, 1.54) is 43.8 Å². The van der Waals surface area contributed by atoms with Crippen LogP contribution in [0.1, 0.15) is 22.3 Å². The van der Waals surface area contributed by atoms with Crippen LogP contribution in [0.3, 0.4) is 0 Å². The first-order chi connectivity index (χ1) is 14.9. The highest BCUT2D eigenvalue weighted by Crippen LogP contribution is 2.30. The number of rotatable bonds is 4. The number of benzene rings is 5. The van der Waals surface area contributed by atoms with Gasteiger partial charge in [-0.15, -0.1) is 0 Å². The molecule has 0 aliphatic carbocycles. The fraction of sp³-hybridized carbons (Fsp3) is 0. The van der Waals surface area contributed by atoms with E-state index in [4.69, 9.17) is 0 Å². The second kappa shape index (κ2) is 8.23. The molecule has 0 spiro atoms. The molecule has 0 saturated heterocycles. The second-order valence-corrected chi connectivity index (χ2v) is 7.44. The first-order valence-electron chi connectivity index (χ1n) is 10.3. The lowest BCUT2D eigenvalue weighted by molar-refractivity contribution is 1.61. The number of hydrogen-bond acceptors (Lipinski definition) is 0. The third kappa shape index (κ3) is 3.68. The second-order valence-electron chi connectivity index (χ2n) is 7.44. The van der Waals surface area contributed by atoms with E-state index < -0.39 is 0 Å². The molecule has 5 rings (SSSR count).